The zero-order valence-corrected chi connectivity index (χ0v) is 20.0. The maximum Gasteiger partial charge on any atom is 0.415 e. The molecule has 4 rings (SSSR count). The van der Waals surface area contributed by atoms with E-state index in [1.54, 1.807) is 48.3 Å². The van der Waals surface area contributed by atoms with Gasteiger partial charge in [0, 0.05) is 36.6 Å². The van der Waals surface area contributed by atoms with Crippen molar-refractivity contribution in [2.24, 2.45) is 0 Å². The standard InChI is InChI=1S/C27H23ClFN3O3/c1-27(31(2)26(34)35-23-13-11-22(29)12-14-23)17-32(16-24(27)19-7-9-21(28)10-8-19)25(33)20-5-3-18(15-30)4-6-20/h3-14,24H,16-17H2,1-2H3/t24-,27+/m1/s1. The molecule has 1 aliphatic heterocycles. The third kappa shape index (κ3) is 4.98. The van der Waals surface area contributed by atoms with Gasteiger partial charge in [0.1, 0.15) is 11.6 Å². The minimum Gasteiger partial charge on any atom is -0.410 e. The van der Waals surface area contributed by atoms with Crippen LogP contribution in [0.1, 0.15) is 34.3 Å². The Kier molecular flexibility index (Phi) is 6.77. The van der Waals surface area contributed by atoms with Crippen LogP contribution in [0.4, 0.5) is 9.18 Å². The molecule has 3 aromatic carbocycles. The van der Waals surface area contributed by atoms with E-state index in [1.165, 1.54) is 29.2 Å². The Morgan fingerprint density at radius 1 is 1.09 bits per heavy atom. The number of likely N-dealkylation sites (N-methyl/N-ethyl adjacent to an activating group) is 1. The summed E-state index contributed by atoms with van der Waals surface area (Å²) in [6.07, 6.45) is -0.620. The Morgan fingerprint density at radius 2 is 1.71 bits per heavy atom. The molecule has 1 aliphatic rings. The molecule has 0 aliphatic carbocycles. The lowest BCUT2D eigenvalue weighted by molar-refractivity contribution is 0.0737. The molecular weight excluding hydrogens is 469 g/mol. The molecule has 0 radical (unpaired) electrons. The van der Waals surface area contributed by atoms with E-state index in [1.807, 2.05) is 25.1 Å². The zero-order chi connectivity index (χ0) is 25.2. The van der Waals surface area contributed by atoms with Gasteiger partial charge in [0.25, 0.3) is 5.91 Å². The van der Waals surface area contributed by atoms with Crippen molar-refractivity contribution in [2.75, 3.05) is 20.1 Å². The maximum absolute atomic E-state index is 13.3. The molecule has 2 atom stereocenters. The number of likely N-dealkylation sites (tertiary alicyclic amines) is 1. The van der Waals surface area contributed by atoms with Crippen LogP contribution in [0, 0.1) is 17.1 Å². The molecule has 1 fully saturated rings. The van der Waals surface area contributed by atoms with Crippen LogP contribution in [-0.4, -0.2) is 47.5 Å². The summed E-state index contributed by atoms with van der Waals surface area (Å²) < 4.78 is 18.7. The number of halogens is 2. The lowest BCUT2D eigenvalue weighted by Crippen LogP contribution is -2.53. The molecule has 2 amide bonds. The van der Waals surface area contributed by atoms with Gasteiger partial charge < -0.3 is 14.5 Å². The van der Waals surface area contributed by atoms with Crippen LogP contribution in [0.5, 0.6) is 5.75 Å². The van der Waals surface area contributed by atoms with Crippen molar-refractivity contribution in [2.45, 2.75) is 18.4 Å². The first kappa shape index (κ1) is 24.2. The number of benzene rings is 3. The van der Waals surface area contributed by atoms with E-state index in [9.17, 15) is 14.0 Å². The molecule has 0 saturated carbocycles. The number of nitriles is 1. The average molecular weight is 492 g/mol. The predicted octanol–water partition coefficient (Wildman–Crippen LogP) is 5.48. The highest BCUT2D eigenvalue weighted by molar-refractivity contribution is 6.30. The van der Waals surface area contributed by atoms with Gasteiger partial charge in [-0.2, -0.15) is 5.26 Å². The lowest BCUT2D eigenvalue weighted by atomic mass is 9.82. The van der Waals surface area contributed by atoms with Gasteiger partial charge in [-0.1, -0.05) is 23.7 Å². The number of amides is 2. The summed E-state index contributed by atoms with van der Waals surface area (Å²) in [4.78, 5) is 29.6. The van der Waals surface area contributed by atoms with Crippen LogP contribution in [-0.2, 0) is 0 Å². The van der Waals surface area contributed by atoms with Crippen molar-refractivity contribution >= 4 is 23.6 Å². The van der Waals surface area contributed by atoms with Gasteiger partial charge in [-0.15, -0.1) is 0 Å². The van der Waals surface area contributed by atoms with Crippen molar-refractivity contribution in [1.29, 1.82) is 5.26 Å². The Morgan fingerprint density at radius 3 is 2.31 bits per heavy atom. The second kappa shape index (κ2) is 9.77. The number of nitrogens with zero attached hydrogens (tertiary/aromatic N) is 3. The predicted molar refractivity (Wildman–Crippen MR) is 130 cm³/mol. The van der Waals surface area contributed by atoms with Gasteiger partial charge in [-0.25, -0.2) is 9.18 Å². The fourth-order valence-corrected chi connectivity index (χ4v) is 4.51. The molecule has 0 aromatic heterocycles. The summed E-state index contributed by atoms with van der Waals surface area (Å²) in [6, 6.07) is 21.0. The Bertz CT molecular complexity index is 1270. The number of carbonyl (C=O) groups is 2. The minimum atomic E-state index is -0.812. The first-order chi connectivity index (χ1) is 16.7. The van der Waals surface area contributed by atoms with E-state index in [0.717, 1.165) is 5.56 Å². The third-order valence-corrected chi connectivity index (χ3v) is 6.80. The molecule has 0 bridgehead atoms. The maximum atomic E-state index is 13.3. The van der Waals surface area contributed by atoms with E-state index >= 15 is 0 Å². The average Bonchev–Trinajstić information content (AvgIpc) is 3.23. The van der Waals surface area contributed by atoms with Crippen LogP contribution in [0.3, 0.4) is 0 Å². The van der Waals surface area contributed by atoms with Gasteiger partial charge in [-0.3, -0.25) is 4.79 Å². The summed E-state index contributed by atoms with van der Waals surface area (Å²) in [6.45, 7) is 2.53. The van der Waals surface area contributed by atoms with Crippen molar-refractivity contribution < 1.29 is 18.7 Å². The first-order valence-corrected chi connectivity index (χ1v) is 11.3. The first-order valence-electron chi connectivity index (χ1n) is 11.0. The smallest absolute Gasteiger partial charge is 0.410 e. The molecule has 8 heteroatoms. The summed E-state index contributed by atoms with van der Waals surface area (Å²) in [5.74, 6) is -0.635. The third-order valence-electron chi connectivity index (χ3n) is 6.54. The zero-order valence-electron chi connectivity index (χ0n) is 19.2. The van der Waals surface area contributed by atoms with Crippen LogP contribution < -0.4 is 4.74 Å². The molecule has 35 heavy (non-hydrogen) atoms. The Balaban J connectivity index is 1.63. The molecule has 178 valence electrons. The fraction of sp³-hybridized carbons (Fsp3) is 0.222. The highest BCUT2D eigenvalue weighted by atomic mass is 35.5. The van der Waals surface area contributed by atoms with E-state index in [0.29, 0.717) is 22.7 Å². The van der Waals surface area contributed by atoms with Crippen LogP contribution in [0.2, 0.25) is 5.02 Å². The molecule has 3 aromatic rings. The molecule has 1 heterocycles. The quantitative estimate of drug-likeness (QED) is 0.484. The summed E-state index contributed by atoms with van der Waals surface area (Å²) in [7, 11) is 1.63. The van der Waals surface area contributed by atoms with Gasteiger partial charge in [0.2, 0.25) is 0 Å². The topological polar surface area (TPSA) is 73.6 Å². The largest absolute Gasteiger partial charge is 0.415 e. The van der Waals surface area contributed by atoms with Gasteiger partial charge >= 0.3 is 6.09 Å². The van der Waals surface area contributed by atoms with Gasteiger partial charge in [0.15, 0.2) is 0 Å². The van der Waals surface area contributed by atoms with Crippen LogP contribution in [0.25, 0.3) is 0 Å². The van der Waals surface area contributed by atoms with E-state index < -0.39 is 17.4 Å². The van der Waals surface area contributed by atoms with Crippen molar-refractivity contribution in [1.82, 2.24) is 9.80 Å². The van der Waals surface area contributed by atoms with Crippen molar-refractivity contribution in [3.63, 3.8) is 0 Å². The minimum absolute atomic E-state index is 0.197. The highest BCUT2D eigenvalue weighted by Gasteiger charge is 2.50. The fourth-order valence-electron chi connectivity index (χ4n) is 4.38. The summed E-state index contributed by atoms with van der Waals surface area (Å²) in [5, 5.41) is 9.62. The van der Waals surface area contributed by atoms with Crippen molar-refractivity contribution in [3.05, 3.63) is 100 Å². The number of ether oxygens (including phenoxy) is 1. The normalized spacial score (nSPS) is 19.2. The van der Waals surface area contributed by atoms with Crippen LogP contribution in [0.15, 0.2) is 72.8 Å². The monoisotopic (exact) mass is 491 g/mol. The summed E-state index contributed by atoms with van der Waals surface area (Å²) in [5.41, 5.74) is 1.04. The summed E-state index contributed by atoms with van der Waals surface area (Å²) >= 11 is 6.09. The number of carbonyl (C=O) groups excluding carboxylic acids is 2. The van der Waals surface area contributed by atoms with Gasteiger partial charge in [-0.05, 0) is 73.2 Å². The SMILES string of the molecule is CN(C(=O)Oc1ccc(F)cc1)[C@@]1(C)CN(C(=O)c2ccc(C#N)cc2)C[C@@H]1c1ccc(Cl)cc1. The number of hydrogen-bond acceptors (Lipinski definition) is 4. The molecular formula is C27H23ClFN3O3. The van der Waals surface area contributed by atoms with E-state index in [2.05, 4.69) is 0 Å². The number of rotatable bonds is 4. The second-order valence-electron chi connectivity index (χ2n) is 8.72. The van der Waals surface area contributed by atoms with Gasteiger partial charge in [0.05, 0.1) is 17.2 Å². The molecule has 0 N–H and O–H groups in total. The molecule has 0 spiro atoms. The Hall–Kier alpha value is -3.89. The lowest BCUT2D eigenvalue weighted by Gasteiger charge is -2.39. The Labute approximate surface area is 208 Å². The number of hydrogen-bond donors (Lipinski definition) is 0. The second-order valence-corrected chi connectivity index (χ2v) is 9.15. The van der Waals surface area contributed by atoms with Crippen LogP contribution >= 0.6 is 11.6 Å². The molecule has 0 unspecified atom stereocenters. The highest BCUT2D eigenvalue weighted by Crippen LogP contribution is 2.41. The molecule has 1 saturated heterocycles. The molecule has 6 nitrogen and oxygen atoms in total. The van der Waals surface area contributed by atoms with E-state index in [4.69, 9.17) is 21.6 Å². The van der Waals surface area contributed by atoms with Crippen molar-refractivity contribution in [3.8, 4) is 11.8 Å². The van der Waals surface area contributed by atoms with E-state index in [-0.39, 0.29) is 24.1 Å².